The molecule has 2 amide bonds. The van der Waals surface area contributed by atoms with Crippen LogP contribution in [0.5, 0.6) is 5.75 Å². The molecule has 8 nitrogen and oxygen atoms in total. The number of hydrogen-bond acceptors (Lipinski definition) is 5. The molecular weight excluding hydrogens is 606 g/mol. The molecular formula is C31H36BrN3O5S. The van der Waals surface area contributed by atoms with Gasteiger partial charge in [0.2, 0.25) is 11.8 Å². The molecule has 41 heavy (non-hydrogen) atoms. The quantitative estimate of drug-likeness (QED) is 0.301. The Kier molecular flexibility index (Phi) is 10.1. The van der Waals surface area contributed by atoms with Crippen LogP contribution in [0.1, 0.15) is 43.7 Å². The summed E-state index contributed by atoms with van der Waals surface area (Å²) in [7, 11) is -2.60. The number of rotatable bonds is 11. The van der Waals surface area contributed by atoms with Gasteiger partial charge < -0.3 is 15.0 Å². The summed E-state index contributed by atoms with van der Waals surface area (Å²) in [5, 5.41) is 3.08. The van der Waals surface area contributed by atoms with E-state index in [9.17, 15) is 18.0 Å². The van der Waals surface area contributed by atoms with Gasteiger partial charge in [-0.25, -0.2) is 8.42 Å². The highest BCUT2D eigenvalue weighted by Crippen LogP contribution is 2.27. The molecule has 0 spiro atoms. The Bertz CT molecular complexity index is 1440. The van der Waals surface area contributed by atoms with E-state index >= 15 is 0 Å². The fourth-order valence-corrected chi connectivity index (χ4v) is 6.55. The van der Waals surface area contributed by atoms with E-state index in [0.29, 0.717) is 11.4 Å². The van der Waals surface area contributed by atoms with Crippen LogP contribution in [0.15, 0.2) is 82.2 Å². The van der Waals surface area contributed by atoms with Crippen LogP contribution in [-0.2, 0) is 26.2 Å². The highest BCUT2D eigenvalue weighted by Gasteiger charge is 2.33. The lowest BCUT2D eigenvalue weighted by Crippen LogP contribution is -2.52. The van der Waals surface area contributed by atoms with Crippen molar-refractivity contribution in [3.63, 3.8) is 0 Å². The van der Waals surface area contributed by atoms with E-state index in [-0.39, 0.29) is 23.4 Å². The number of halogens is 1. The lowest BCUT2D eigenvalue weighted by Gasteiger charge is -2.32. The molecule has 1 fully saturated rings. The van der Waals surface area contributed by atoms with Crippen LogP contribution in [0.25, 0.3) is 0 Å². The number of amides is 2. The van der Waals surface area contributed by atoms with Gasteiger partial charge in [0, 0.05) is 17.1 Å². The molecule has 218 valence electrons. The van der Waals surface area contributed by atoms with Crippen LogP contribution >= 0.6 is 15.9 Å². The summed E-state index contributed by atoms with van der Waals surface area (Å²) in [6.45, 7) is 3.22. The van der Waals surface area contributed by atoms with Crippen molar-refractivity contribution in [2.45, 2.75) is 63.1 Å². The van der Waals surface area contributed by atoms with Crippen molar-refractivity contribution in [2.75, 3.05) is 18.0 Å². The maximum absolute atomic E-state index is 14.0. The van der Waals surface area contributed by atoms with E-state index in [1.54, 1.807) is 43.3 Å². The van der Waals surface area contributed by atoms with Crippen LogP contribution in [0.4, 0.5) is 5.69 Å². The second kappa shape index (κ2) is 13.5. The van der Waals surface area contributed by atoms with Crippen molar-refractivity contribution in [1.82, 2.24) is 10.2 Å². The van der Waals surface area contributed by atoms with E-state index in [1.165, 1.54) is 24.1 Å². The fraction of sp³-hybridized carbons (Fsp3) is 0.355. The third-order valence-corrected chi connectivity index (χ3v) is 9.70. The average Bonchev–Trinajstić information content (AvgIpc) is 3.48. The maximum Gasteiger partial charge on any atom is 0.264 e. The number of methoxy groups -OCH3 is 1. The van der Waals surface area contributed by atoms with E-state index in [4.69, 9.17) is 4.74 Å². The van der Waals surface area contributed by atoms with Crippen molar-refractivity contribution in [2.24, 2.45) is 0 Å². The predicted octanol–water partition coefficient (Wildman–Crippen LogP) is 5.44. The molecule has 10 heteroatoms. The Labute approximate surface area is 250 Å². The van der Waals surface area contributed by atoms with Crippen LogP contribution in [-0.4, -0.2) is 50.9 Å². The minimum absolute atomic E-state index is 0.0678. The summed E-state index contributed by atoms with van der Waals surface area (Å²) in [6, 6.07) is 19.8. The Hall–Kier alpha value is -3.37. The number of carbonyl (C=O) groups is 2. The largest absolute Gasteiger partial charge is 0.497 e. The van der Waals surface area contributed by atoms with Gasteiger partial charge in [-0.15, -0.1) is 0 Å². The van der Waals surface area contributed by atoms with E-state index in [1.807, 2.05) is 31.2 Å². The SMILES string of the molecule is COc1ccc(N(CC(=O)N(Cc2ccc(Br)cc2)C(C)C(=O)NC2CCCC2)S(=O)(=O)c2ccc(C)cc2)cc1. The van der Waals surface area contributed by atoms with Crippen molar-refractivity contribution in [3.05, 3.63) is 88.4 Å². The number of carbonyl (C=O) groups excluding carboxylic acids is 2. The molecule has 1 aliphatic carbocycles. The van der Waals surface area contributed by atoms with Gasteiger partial charge in [0.15, 0.2) is 0 Å². The van der Waals surface area contributed by atoms with Gasteiger partial charge in [0.25, 0.3) is 10.0 Å². The third-order valence-electron chi connectivity index (χ3n) is 7.38. The molecule has 4 rings (SSSR count). The molecule has 3 aromatic rings. The number of aryl methyl sites for hydroxylation is 1. The molecule has 1 N–H and O–H groups in total. The molecule has 0 radical (unpaired) electrons. The van der Waals surface area contributed by atoms with E-state index in [2.05, 4.69) is 21.2 Å². The van der Waals surface area contributed by atoms with Gasteiger partial charge in [-0.05, 0) is 80.8 Å². The molecule has 0 saturated heterocycles. The summed E-state index contributed by atoms with van der Waals surface area (Å²) >= 11 is 3.43. The van der Waals surface area contributed by atoms with Gasteiger partial charge in [-0.3, -0.25) is 13.9 Å². The van der Waals surface area contributed by atoms with Crippen LogP contribution < -0.4 is 14.4 Å². The lowest BCUT2D eigenvalue weighted by molar-refractivity contribution is -0.139. The normalized spacial score (nSPS) is 14.3. The number of nitrogens with one attached hydrogen (secondary N) is 1. The summed E-state index contributed by atoms with van der Waals surface area (Å²) in [4.78, 5) is 28.9. The highest BCUT2D eigenvalue weighted by atomic mass is 79.9. The Morgan fingerprint density at radius 3 is 2.17 bits per heavy atom. The van der Waals surface area contributed by atoms with Crippen LogP contribution in [0.2, 0.25) is 0 Å². The van der Waals surface area contributed by atoms with Crippen LogP contribution in [0, 0.1) is 6.92 Å². The van der Waals surface area contributed by atoms with Crippen LogP contribution in [0.3, 0.4) is 0 Å². The van der Waals surface area contributed by atoms with Gasteiger partial charge in [0.1, 0.15) is 18.3 Å². The monoisotopic (exact) mass is 641 g/mol. The first-order valence-corrected chi connectivity index (χ1v) is 15.9. The number of sulfonamides is 1. The van der Waals surface area contributed by atoms with Gasteiger partial charge in [-0.1, -0.05) is 58.6 Å². The molecule has 3 aromatic carbocycles. The molecule has 0 aromatic heterocycles. The third kappa shape index (κ3) is 7.68. The number of anilines is 1. The molecule has 0 aliphatic heterocycles. The zero-order chi connectivity index (χ0) is 29.6. The maximum atomic E-state index is 14.0. The smallest absolute Gasteiger partial charge is 0.264 e. The zero-order valence-electron chi connectivity index (χ0n) is 23.5. The summed E-state index contributed by atoms with van der Waals surface area (Å²) in [5.74, 6) is -0.185. The first kappa shape index (κ1) is 30.6. The topological polar surface area (TPSA) is 96.0 Å². The van der Waals surface area contributed by atoms with Gasteiger partial charge in [-0.2, -0.15) is 0 Å². The number of ether oxygens (including phenoxy) is 1. The Balaban J connectivity index is 1.68. The summed E-state index contributed by atoms with van der Waals surface area (Å²) in [6.07, 6.45) is 3.96. The van der Waals surface area contributed by atoms with Crippen molar-refractivity contribution < 1.29 is 22.7 Å². The fourth-order valence-electron chi connectivity index (χ4n) is 4.88. The first-order valence-electron chi connectivity index (χ1n) is 13.7. The van der Waals surface area contributed by atoms with Crippen molar-refractivity contribution >= 4 is 43.5 Å². The first-order chi connectivity index (χ1) is 19.6. The van der Waals surface area contributed by atoms with Crippen molar-refractivity contribution in [1.29, 1.82) is 0 Å². The number of nitrogens with zero attached hydrogens (tertiary/aromatic N) is 2. The molecule has 1 unspecified atom stereocenters. The minimum Gasteiger partial charge on any atom is -0.497 e. The molecule has 0 bridgehead atoms. The summed E-state index contributed by atoms with van der Waals surface area (Å²) in [5.41, 5.74) is 2.05. The predicted molar refractivity (Wildman–Crippen MR) is 163 cm³/mol. The Morgan fingerprint density at radius 1 is 0.976 bits per heavy atom. The number of benzene rings is 3. The molecule has 1 aliphatic rings. The van der Waals surface area contributed by atoms with E-state index < -0.39 is 28.5 Å². The Morgan fingerprint density at radius 2 is 1.59 bits per heavy atom. The molecule has 1 saturated carbocycles. The standard InChI is InChI=1S/C31H36BrN3O5S/c1-22-8-18-29(19-9-22)41(38,39)35(27-14-16-28(40-3)17-15-27)21-30(36)34(20-24-10-12-25(32)13-11-24)23(2)31(37)33-26-6-4-5-7-26/h8-19,23,26H,4-7,20-21H2,1-3H3,(H,33,37). The summed E-state index contributed by atoms with van der Waals surface area (Å²) < 4.78 is 35.1. The van der Waals surface area contributed by atoms with Gasteiger partial charge >= 0.3 is 0 Å². The minimum atomic E-state index is -4.12. The molecule has 1 atom stereocenters. The molecule has 0 heterocycles. The highest BCUT2D eigenvalue weighted by molar-refractivity contribution is 9.10. The zero-order valence-corrected chi connectivity index (χ0v) is 25.9. The average molecular weight is 643 g/mol. The van der Waals surface area contributed by atoms with Gasteiger partial charge in [0.05, 0.1) is 17.7 Å². The second-order valence-electron chi connectivity index (χ2n) is 10.3. The van der Waals surface area contributed by atoms with Crippen molar-refractivity contribution in [3.8, 4) is 5.75 Å². The lowest BCUT2D eigenvalue weighted by atomic mass is 10.1. The second-order valence-corrected chi connectivity index (χ2v) is 13.1. The van der Waals surface area contributed by atoms with E-state index in [0.717, 1.165) is 45.6 Å². The number of hydrogen-bond donors (Lipinski definition) is 1.